The quantitative estimate of drug-likeness (QED) is 0.0824. The van der Waals surface area contributed by atoms with Gasteiger partial charge in [-0.1, -0.05) is 139 Å². The molecular formula is C48H46N6O6S2. The lowest BCUT2D eigenvalue weighted by atomic mass is 9.99. The Balaban J connectivity index is 0.982. The summed E-state index contributed by atoms with van der Waals surface area (Å²) >= 11 is 1.52. The number of aliphatic hydroxyl groups is 1. The van der Waals surface area contributed by atoms with Crippen LogP contribution < -0.4 is 10.0 Å². The Morgan fingerprint density at radius 2 is 1.48 bits per heavy atom. The molecule has 12 nitrogen and oxygen atoms in total. The Morgan fingerprint density at radius 1 is 0.790 bits per heavy atom. The monoisotopic (exact) mass is 866 g/mol. The third-order valence-electron chi connectivity index (χ3n) is 10.6. The topological polar surface area (TPSA) is 158 Å². The fourth-order valence-electron chi connectivity index (χ4n) is 7.24. The van der Waals surface area contributed by atoms with Crippen molar-refractivity contribution >= 4 is 27.7 Å². The zero-order chi connectivity index (χ0) is 42.9. The van der Waals surface area contributed by atoms with Crippen LogP contribution in [0.25, 0.3) is 16.8 Å². The first-order valence-corrected chi connectivity index (χ1v) is 22.7. The van der Waals surface area contributed by atoms with Crippen molar-refractivity contribution in [3.63, 3.8) is 0 Å². The third-order valence-corrected chi connectivity index (χ3v) is 13.1. The number of carbonyl (C=O) groups excluding carboxylic acids is 1. The molecule has 0 spiro atoms. The average Bonchev–Trinajstić information content (AvgIpc) is 3.79. The van der Waals surface area contributed by atoms with Gasteiger partial charge in [0, 0.05) is 24.3 Å². The summed E-state index contributed by atoms with van der Waals surface area (Å²) in [6, 6.07) is 48.2. The lowest BCUT2D eigenvalue weighted by Crippen LogP contribution is -2.47. The maximum absolute atomic E-state index is 13.8. The normalized spacial score (nSPS) is 17.0. The predicted octanol–water partition coefficient (Wildman–Crippen LogP) is 7.67. The van der Waals surface area contributed by atoms with Crippen LogP contribution in [0.15, 0.2) is 168 Å². The summed E-state index contributed by atoms with van der Waals surface area (Å²) in [7, 11) is -3.98. The molecule has 62 heavy (non-hydrogen) atoms. The number of rotatable bonds is 16. The highest BCUT2D eigenvalue weighted by atomic mass is 32.2. The van der Waals surface area contributed by atoms with Crippen LogP contribution in [0, 0.1) is 6.92 Å². The number of amides is 1. The number of nitrogens with one attached hydrogen (secondary N) is 2. The molecule has 8 rings (SSSR count). The number of tetrazole rings is 1. The molecule has 1 saturated heterocycles. The van der Waals surface area contributed by atoms with Crippen LogP contribution in [-0.4, -0.2) is 57.5 Å². The summed E-state index contributed by atoms with van der Waals surface area (Å²) in [5.41, 5.74) is 7.96. The minimum Gasteiger partial charge on any atom is -0.392 e. The third kappa shape index (κ3) is 10.7. The van der Waals surface area contributed by atoms with Gasteiger partial charge in [0.05, 0.1) is 29.4 Å². The van der Waals surface area contributed by atoms with Crippen molar-refractivity contribution < 1.29 is 27.8 Å². The van der Waals surface area contributed by atoms with E-state index < -0.39 is 28.3 Å². The number of ether oxygens (including phenoxy) is 2. The molecule has 1 aliphatic rings. The second kappa shape index (κ2) is 19.8. The lowest BCUT2D eigenvalue weighted by Gasteiger charge is -2.36. The minimum absolute atomic E-state index is 0.0435. The fourth-order valence-corrected chi connectivity index (χ4v) is 9.34. The number of nitrogens with zero attached hydrogens (tertiary/aromatic N) is 4. The summed E-state index contributed by atoms with van der Waals surface area (Å²) in [4.78, 5) is 13.8. The lowest BCUT2D eigenvalue weighted by molar-refractivity contribution is -0.245. The summed E-state index contributed by atoms with van der Waals surface area (Å²) in [6.45, 7) is 2.02. The van der Waals surface area contributed by atoms with Gasteiger partial charge in [0.25, 0.3) is 0 Å². The number of hydrogen-bond donors (Lipinski definition) is 3. The Morgan fingerprint density at radius 3 is 2.23 bits per heavy atom. The smallest absolute Gasteiger partial charge is 0.241 e. The number of aryl methyl sites for hydroxylation is 1. The minimum atomic E-state index is -3.98. The van der Waals surface area contributed by atoms with E-state index in [2.05, 4.69) is 31.6 Å². The molecule has 316 valence electrons. The zero-order valence-corrected chi connectivity index (χ0v) is 35.6. The first-order chi connectivity index (χ1) is 30.2. The van der Waals surface area contributed by atoms with E-state index in [4.69, 9.17) is 9.47 Å². The van der Waals surface area contributed by atoms with Gasteiger partial charge in [0.2, 0.25) is 21.1 Å². The van der Waals surface area contributed by atoms with E-state index in [1.807, 2.05) is 134 Å². The van der Waals surface area contributed by atoms with Crippen molar-refractivity contribution in [3.05, 3.63) is 191 Å². The Kier molecular flexibility index (Phi) is 13.6. The van der Waals surface area contributed by atoms with E-state index >= 15 is 0 Å². The Labute approximate surface area is 365 Å². The van der Waals surface area contributed by atoms with Gasteiger partial charge >= 0.3 is 0 Å². The molecule has 2 heterocycles. The Hall–Kier alpha value is -6.00. The number of sulfonamides is 1. The SMILES string of the molecule is Cc1ccc(S(=O)(=O)N[C@H](Cc2ccccc2)C(=O)NCc2cccc(-c3cccc([C@@H]4O[C@H](CSc5nnnn5-c5ccccc5)C[C@H](c5ccc(CO)cc5)O4)c3)c2)cc1. The van der Waals surface area contributed by atoms with Gasteiger partial charge in [-0.3, -0.25) is 4.79 Å². The van der Waals surface area contributed by atoms with Crippen molar-refractivity contribution in [2.45, 2.75) is 67.5 Å². The van der Waals surface area contributed by atoms with Crippen LogP contribution in [0.3, 0.4) is 0 Å². The number of thioether (sulfide) groups is 1. The molecule has 6 aromatic carbocycles. The van der Waals surface area contributed by atoms with Gasteiger partial charge in [-0.2, -0.15) is 9.40 Å². The number of carbonyl (C=O) groups is 1. The van der Waals surface area contributed by atoms with Crippen LogP contribution in [0.2, 0.25) is 0 Å². The van der Waals surface area contributed by atoms with E-state index in [9.17, 15) is 18.3 Å². The second-order valence-electron chi connectivity index (χ2n) is 15.1. The van der Waals surface area contributed by atoms with Crippen molar-refractivity contribution in [2.24, 2.45) is 0 Å². The van der Waals surface area contributed by atoms with Crippen LogP contribution in [0.4, 0.5) is 0 Å². The molecule has 0 aliphatic carbocycles. The van der Waals surface area contributed by atoms with E-state index in [-0.39, 0.29) is 36.7 Å². The van der Waals surface area contributed by atoms with Crippen LogP contribution in [-0.2, 0) is 43.9 Å². The van der Waals surface area contributed by atoms with E-state index in [1.165, 1.54) is 23.9 Å². The number of benzene rings is 6. The molecule has 14 heteroatoms. The van der Waals surface area contributed by atoms with E-state index in [1.54, 1.807) is 16.8 Å². The molecule has 1 aromatic heterocycles. The molecule has 1 fully saturated rings. The van der Waals surface area contributed by atoms with Crippen LogP contribution in [0.1, 0.15) is 52.2 Å². The second-order valence-corrected chi connectivity index (χ2v) is 17.8. The zero-order valence-electron chi connectivity index (χ0n) is 33.9. The Bertz CT molecular complexity index is 2680. The predicted molar refractivity (Wildman–Crippen MR) is 237 cm³/mol. The summed E-state index contributed by atoms with van der Waals surface area (Å²) in [5, 5.41) is 25.7. The molecule has 0 bridgehead atoms. The van der Waals surface area contributed by atoms with Gasteiger partial charge in [-0.15, -0.1) is 5.10 Å². The molecule has 7 aromatic rings. The molecule has 0 saturated carbocycles. The summed E-state index contributed by atoms with van der Waals surface area (Å²) in [5.74, 6) is 0.138. The van der Waals surface area contributed by atoms with Gasteiger partial charge in [-0.05, 0) is 93.6 Å². The number of para-hydroxylation sites is 1. The maximum atomic E-state index is 13.8. The van der Waals surface area contributed by atoms with E-state index in [0.717, 1.165) is 50.2 Å². The van der Waals surface area contributed by atoms with Crippen molar-refractivity contribution in [1.29, 1.82) is 0 Å². The van der Waals surface area contributed by atoms with Gasteiger partial charge in [0.1, 0.15) is 6.04 Å². The van der Waals surface area contributed by atoms with Crippen LogP contribution in [0.5, 0.6) is 0 Å². The van der Waals surface area contributed by atoms with Gasteiger partial charge in [0.15, 0.2) is 6.29 Å². The molecular weight excluding hydrogens is 821 g/mol. The van der Waals surface area contributed by atoms with Crippen molar-refractivity contribution in [1.82, 2.24) is 30.2 Å². The molecule has 4 atom stereocenters. The van der Waals surface area contributed by atoms with Crippen molar-refractivity contribution in [3.8, 4) is 16.8 Å². The highest BCUT2D eigenvalue weighted by molar-refractivity contribution is 7.99. The first-order valence-electron chi connectivity index (χ1n) is 20.3. The molecule has 0 unspecified atom stereocenters. The van der Waals surface area contributed by atoms with E-state index in [0.29, 0.717) is 17.3 Å². The standard InChI is InChI=1S/C48H46N6O6S2/c1-33-18-24-43(25-19-33)62(57,58)51-44(27-34-10-4-2-5-11-34)46(56)49-30-36-12-8-13-38(26-36)39-14-9-15-40(28-39)47-59-42(29-45(60-47)37-22-20-35(31-55)21-23-37)32-61-48-50-52-53-54(48)41-16-6-3-7-17-41/h2-26,28,42,44-45,47,51,55H,27,29-32H2,1H3,(H,49,56)/t42-,44+,45+,47+/m0/s1. The van der Waals surface area contributed by atoms with Crippen molar-refractivity contribution in [2.75, 3.05) is 5.75 Å². The molecule has 1 aliphatic heterocycles. The molecule has 3 N–H and O–H groups in total. The number of aromatic nitrogens is 4. The summed E-state index contributed by atoms with van der Waals surface area (Å²) in [6.07, 6.45) is -0.405. The summed E-state index contributed by atoms with van der Waals surface area (Å²) < 4.78 is 44.5. The number of aliphatic hydroxyl groups excluding tert-OH is 1. The fraction of sp³-hybridized carbons (Fsp3) is 0.208. The largest absolute Gasteiger partial charge is 0.392 e. The molecule has 1 amide bonds. The average molecular weight is 867 g/mol. The van der Waals surface area contributed by atoms with Gasteiger partial charge in [-0.25, -0.2) is 8.42 Å². The van der Waals surface area contributed by atoms with Crippen LogP contribution >= 0.6 is 11.8 Å². The first kappa shape index (κ1) is 42.7. The number of hydrogen-bond acceptors (Lipinski definition) is 10. The highest BCUT2D eigenvalue weighted by Gasteiger charge is 2.33. The van der Waals surface area contributed by atoms with Gasteiger partial charge < -0.3 is 19.9 Å². The molecule has 0 radical (unpaired) electrons. The highest BCUT2D eigenvalue weighted by Crippen LogP contribution is 2.40. The maximum Gasteiger partial charge on any atom is 0.241 e.